The summed E-state index contributed by atoms with van der Waals surface area (Å²) in [6.45, 7) is 4.97. The van der Waals surface area contributed by atoms with Gasteiger partial charge in [-0.3, -0.25) is 4.90 Å². The van der Waals surface area contributed by atoms with Gasteiger partial charge in [0.15, 0.2) is 0 Å². The van der Waals surface area contributed by atoms with Crippen molar-refractivity contribution in [2.75, 3.05) is 26.3 Å². The molecule has 2 heterocycles. The van der Waals surface area contributed by atoms with Crippen molar-refractivity contribution in [3.63, 3.8) is 0 Å². The second kappa shape index (κ2) is 8.52. The lowest BCUT2D eigenvalue weighted by molar-refractivity contribution is 0.0679. The molecule has 1 aromatic rings. The van der Waals surface area contributed by atoms with Crippen molar-refractivity contribution in [1.29, 1.82) is 0 Å². The Kier molecular flexibility index (Phi) is 6.39. The van der Waals surface area contributed by atoms with Gasteiger partial charge in [-0.05, 0) is 56.3 Å². The van der Waals surface area contributed by atoms with Gasteiger partial charge in [0.1, 0.15) is 12.4 Å². The molecule has 3 aliphatic rings. The van der Waals surface area contributed by atoms with E-state index in [1.54, 1.807) is 0 Å². The number of hydrogen-bond acceptors (Lipinski definition) is 4. The summed E-state index contributed by atoms with van der Waals surface area (Å²) < 4.78 is 11.5. The standard InChI is InChI=1S/C19H28N2O2.ClH/c1-2-19(22-11-1)14-23-18-7-3-15(4-8-18)13-21(16-5-6-16)17-9-10-20-12-17;/h3-4,7-8,16-17,19-20H,1-2,5-6,9-14H2;1H. The van der Waals surface area contributed by atoms with Crippen LogP contribution in [-0.4, -0.2) is 49.4 Å². The third kappa shape index (κ3) is 4.63. The van der Waals surface area contributed by atoms with Crippen LogP contribution in [0.5, 0.6) is 5.75 Å². The normalized spacial score (nSPS) is 26.5. The average molecular weight is 353 g/mol. The molecule has 2 aliphatic heterocycles. The molecule has 2 unspecified atom stereocenters. The van der Waals surface area contributed by atoms with Crippen molar-refractivity contribution in [2.45, 2.75) is 56.8 Å². The predicted octanol–water partition coefficient (Wildman–Crippen LogP) is 2.99. The van der Waals surface area contributed by atoms with Crippen LogP contribution in [0.4, 0.5) is 0 Å². The van der Waals surface area contributed by atoms with E-state index < -0.39 is 0 Å². The van der Waals surface area contributed by atoms with Crippen molar-refractivity contribution >= 4 is 12.4 Å². The summed E-state index contributed by atoms with van der Waals surface area (Å²) in [6, 6.07) is 10.2. The van der Waals surface area contributed by atoms with E-state index in [4.69, 9.17) is 9.47 Å². The number of nitrogens with one attached hydrogen (secondary N) is 1. The van der Waals surface area contributed by atoms with E-state index >= 15 is 0 Å². The zero-order valence-electron chi connectivity index (χ0n) is 14.3. The molecule has 1 aliphatic carbocycles. The first-order chi connectivity index (χ1) is 11.4. The van der Waals surface area contributed by atoms with Crippen LogP contribution in [0.3, 0.4) is 0 Å². The van der Waals surface area contributed by atoms with Gasteiger partial charge in [-0.25, -0.2) is 0 Å². The van der Waals surface area contributed by atoms with E-state index in [-0.39, 0.29) is 18.5 Å². The molecular weight excluding hydrogens is 324 g/mol. The Bertz CT molecular complexity index is 495. The molecule has 0 spiro atoms. The summed E-state index contributed by atoms with van der Waals surface area (Å²) in [4.78, 5) is 2.71. The monoisotopic (exact) mass is 352 g/mol. The molecule has 0 aromatic heterocycles. The van der Waals surface area contributed by atoms with Gasteiger partial charge in [0.2, 0.25) is 0 Å². The fourth-order valence-corrected chi connectivity index (χ4v) is 3.75. The van der Waals surface area contributed by atoms with Crippen LogP contribution in [-0.2, 0) is 11.3 Å². The van der Waals surface area contributed by atoms with Crippen molar-refractivity contribution in [3.05, 3.63) is 29.8 Å². The minimum atomic E-state index is 0. The van der Waals surface area contributed by atoms with Gasteiger partial charge < -0.3 is 14.8 Å². The van der Waals surface area contributed by atoms with Gasteiger partial charge in [0, 0.05) is 31.8 Å². The predicted molar refractivity (Wildman–Crippen MR) is 98.0 cm³/mol. The SMILES string of the molecule is Cl.c1cc(OCC2CCCO2)ccc1CN(C1CC1)C1CCNC1. The van der Waals surface area contributed by atoms with Crippen LogP contribution in [0.25, 0.3) is 0 Å². The summed E-state index contributed by atoms with van der Waals surface area (Å²) in [5, 5.41) is 3.50. The molecule has 2 atom stereocenters. The van der Waals surface area contributed by atoms with E-state index in [9.17, 15) is 0 Å². The number of rotatable bonds is 7. The van der Waals surface area contributed by atoms with Crippen molar-refractivity contribution in [2.24, 2.45) is 0 Å². The lowest BCUT2D eigenvalue weighted by Crippen LogP contribution is -2.38. The van der Waals surface area contributed by atoms with Crippen LogP contribution in [0.2, 0.25) is 0 Å². The van der Waals surface area contributed by atoms with Gasteiger partial charge in [-0.1, -0.05) is 12.1 Å². The smallest absolute Gasteiger partial charge is 0.119 e. The summed E-state index contributed by atoms with van der Waals surface area (Å²) >= 11 is 0. The zero-order chi connectivity index (χ0) is 15.5. The summed E-state index contributed by atoms with van der Waals surface area (Å²) in [6.07, 6.45) is 6.62. The molecule has 3 fully saturated rings. The Balaban J connectivity index is 0.00000169. The summed E-state index contributed by atoms with van der Waals surface area (Å²) in [5.74, 6) is 0.963. The molecule has 0 amide bonds. The maximum Gasteiger partial charge on any atom is 0.119 e. The maximum absolute atomic E-state index is 5.86. The number of nitrogens with zero attached hydrogens (tertiary/aromatic N) is 1. The van der Waals surface area contributed by atoms with Gasteiger partial charge in [0.05, 0.1) is 6.10 Å². The Labute approximate surface area is 151 Å². The molecule has 0 radical (unpaired) electrons. The van der Waals surface area contributed by atoms with E-state index in [1.807, 2.05) is 0 Å². The highest BCUT2D eigenvalue weighted by Crippen LogP contribution is 2.32. The quantitative estimate of drug-likeness (QED) is 0.818. The lowest BCUT2D eigenvalue weighted by atomic mass is 10.1. The minimum Gasteiger partial charge on any atom is -0.491 e. The third-order valence-corrected chi connectivity index (χ3v) is 5.27. The maximum atomic E-state index is 5.86. The fraction of sp³-hybridized carbons (Fsp3) is 0.684. The molecule has 134 valence electrons. The van der Waals surface area contributed by atoms with Crippen molar-refractivity contribution in [3.8, 4) is 5.75 Å². The van der Waals surface area contributed by atoms with Gasteiger partial charge in [0.25, 0.3) is 0 Å². The molecule has 2 saturated heterocycles. The largest absolute Gasteiger partial charge is 0.491 e. The Morgan fingerprint density at radius 2 is 1.92 bits per heavy atom. The van der Waals surface area contributed by atoms with E-state index in [1.165, 1.54) is 37.8 Å². The van der Waals surface area contributed by atoms with Crippen LogP contribution < -0.4 is 10.1 Å². The molecule has 4 nitrogen and oxygen atoms in total. The van der Waals surface area contributed by atoms with Crippen LogP contribution >= 0.6 is 12.4 Å². The van der Waals surface area contributed by atoms with E-state index in [2.05, 4.69) is 34.5 Å². The van der Waals surface area contributed by atoms with Gasteiger partial charge in [-0.15, -0.1) is 12.4 Å². The summed E-state index contributed by atoms with van der Waals surface area (Å²) in [5.41, 5.74) is 1.40. The van der Waals surface area contributed by atoms with Crippen molar-refractivity contribution < 1.29 is 9.47 Å². The number of halogens is 1. The first-order valence-electron chi connectivity index (χ1n) is 9.18. The fourth-order valence-electron chi connectivity index (χ4n) is 3.75. The minimum absolute atomic E-state index is 0. The topological polar surface area (TPSA) is 33.7 Å². The first-order valence-corrected chi connectivity index (χ1v) is 9.18. The Morgan fingerprint density at radius 1 is 1.08 bits per heavy atom. The van der Waals surface area contributed by atoms with Gasteiger partial charge in [-0.2, -0.15) is 0 Å². The molecule has 1 N–H and O–H groups in total. The first kappa shape index (κ1) is 18.0. The van der Waals surface area contributed by atoms with E-state index in [0.717, 1.165) is 44.0 Å². The van der Waals surface area contributed by atoms with Crippen molar-refractivity contribution in [1.82, 2.24) is 10.2 Å². The van der Waals surface area contributed by atoms with Crippen LogP contribution in [0.1, 0.15) is 37.7 Å². The molecule has 24 heavy (non-hydrogen) atoms. The Hall–Kier alpha value is -0.810. The van der Waals surface area contributed by atoms with Gasteiger partial charge >= 0.3 is 0 Å². The van der Waals surface area contributed by atoms with Crippen LogP contribution in [0.15, 0.2) is 24.3 Å². The highest BCUT2D eigenvalue weighted by Gasteiger charge is 2.34. The Morgan fingerprint density at radius 3 is 2.54 bits per heavy atom. The molecule has 4 rings (SSSR count). The highest BCUT2D eigenvalue weighted by molar-refractivity contribution is 5.85. The number of benzene rings is 1. The third-order valence-electron chi connectivity index (χ3n) is 5.27. The molecule has 1 saturated carbocycles. The molecular formula is C19H29ClN2O2. The average Bonchev–Trinajstić information content (AvgIpc) is 3.05. The molecule has 0 bridgehead atoms. The number of ether oxygens (including phenoxy) is 2. The second-order valence-electron chi connectivity index (χ2n) is 7.14. The molecule has 1 aromatic carbocycles. The second-order valence-corrected chi connectivity index (χ2v) is 7.14. The van der Waals surface area contributed by atoms with Crippen LogP contribution in [0, 0.1) is 0 Å². The van der Waals surface area contributed by atoms with E-state index in [0.29, 0.717) is 6.61 Å². The highest BCUT2D eigenvalue weighted by atomic mass is 35.5. The lowest BCUT2D eigenvalue weighted by Gasteiger charge is -2.28. The number of hydrogen-bond donors (Lipinski definition) is 1. The molecule has 5 heteroatoms. The zero-order valence-corrected chi connectivity index (χ0v) is 15.1. The summed E-state index contributed by atoms with van der Waals surface area (Å²) in [7, 11) is 0.